The SMILES string of the molecule is CCOC(=O)CN1C(C(=O)c2ccccc2)=C(OC(=O)c2ccccc2OC)c2ccccc2S1(=O)=O. The van der Waals surface area contributed by atoms with E-state index in [1.165, 1.54) is 43.5 Å². The second-order valence-corrected chi connectivity index (χ2v) is 9.61. The zero-order valence-corrected chi connectivity index (χ0v) is 20.9. The van der Waals surface area contributed by atoms with Gasteiger partial charge in [0.25, 0.3) is 10.0 Å². The molecule has 1 aliphatic rings. The molecule has 0 atom stereocenters. The van der Waals surface area contributed by atoms with E-state index in [4.69, 9.17) is 14.2 Å². The minimum Gasteiger partial charge on any atom is -0.496 e. The molecule has 10 heteroatoms. The lowest BCUT2D eigenvalue weighted by atomic mass is 10.0. The van der Waals surface area contributed by atoms with Crippen LogP contribution in [0.25, 0.3) is 5.76 Å². The van der Waals surface area contributed by atoms with Crippen LogP contribution in [0.4, 0.5) is 0 Å². The zero-order chi connectivity index (χ0) is 26.6. The maximum absolute atomic E-state index is 13.8. The van der Waals surface area contributed by atoms with Crippen LogP contribution in [0.5, 0.6) is 5.75 Å². The number of fused-ring (bicyclic) bond motifs is 1. The van der Waals surface area contributed by atoms with Gasteiger partial charge in [-0.05, 0) is 31.2 Å². The minimum absolute atomic E-state index is 0.00460. The van der Waals surface area contributed by atoms with Crippen molar-refractivity contribution in [2.45, 2.75) is 11.8 Å². The van der Waals surface area contributed by atoms with Crippen LogP contribution in [0, 0.1) is 0 Å². The van der Waals surface area contributed by atoms with Gasteiger partial charge in [0.1, 0.15) is 23.6 Å². The fraction of sp³-hybridized carbons (Fsp3) is 0.148. The summed E-state index contributed by atoms with van der Waals surface area (Å²) in [5, 5.41) is 0. The summed E-state index contributed by atoms with van der Waals surface area (Å²) in [6.45, 7) is 0.781. The van der Waals surface area contributed by atoms with Crippen LogP contribution in [0.1, 0.15) is 33.2 Å². The van der Waals surface area contributed by atoms with Crippen molar-refractivity contribution in [1.29, 1.82) is 0 Å². The molecule has 0 amide bonds. The van der Waals surface area contributed by atoms with E-state index >= 15 is 0 Å². The van der Waals surface area contributed by atoms with E-state index in [1.807, 2.05) is 0 Å². The van der Waals surface area contributed by atoms with Crippen molar-refractivity contribution in [2.24, 2.45) is 0 Å². The number of ketones is 1. The third-order valence-corrected chi connectivity index (χ3v) is 7.32. The van der Waals surface area contributed by atoms with Gasteiger partial charge in [0, 0.05) is 11.1 Å². The molecule has 0 saturated heterocycles. The molecule has 0 radical (unpaired) electrons. The molecule has 9 nitrogen and oxygen atoms in total. The van der Waals surface area contributed by atoms with Crippen molar-refractivity contribution < 1.29 is 37.0 Å². The lowest BCUT2D eigenvalue weighted by Gasteiger charge is -2.32. The number of allylic oxidation sites excluding steroid dienone is 1. The number of ether oxygens (including phenoxy) is 3. The number of rotatable bonds is 8. The van der Waals surface area contributed by atoms with E-state index in [0.717, 1.165) is 0 Å². The Hall–Kier alpha value is -4.44. The monoisotopic (exact) mass is 521 g/mol. The van der Waals surface area contributed by atoms with Gasteiger partial charge < -0.3 is 14.2 Å². The molecule has 3 aromatic carbocycles. The van der Waals surface area contributed by atoms with Crippen molar-refractivity contribution in [2.75, 3.05) is 20.3 Å². The highest BCUT2D eigenvalue weighted by Crippen LogP contribution is 2.39. The first-order chi connectivity index (χ1) is 17.8. The lowest BCUT2D eigenvalue weighted by molar-refractivity contribution is -0.142. The molecule has 4 rings (SSSR count). The predicted octanol–water partition coefficient (Wildman–Crippen LogP) is 3.67. The van der Waals surface area contributed by atoms with Gasteiger partial charge in [-0.25, -0.2) is 17.5 Å². The first-order valence-corrected chi connectivity index (χ1v) is 12.7. The molecule has 0 N–H and O–H groups in total. The molecule has 1 aliphatic heterocycles. The Balaban J connectivity index is 1.97. The van der Waals surface area contributed by atoms with Crippen LogP contribution in [0.2, 0.25) is 0 Å². The molecule has 37 heavy (non-hydrogen) atoms. The molecule has 0 bridgehead atoms. The Labute approximate surface area is 213 Å². The molecule has 1 heterocycles. The number of hydrogen-bond acceptors (Lipinski definition) is 8. The summed E-state index contributed by atoms with van der Waals surface area (Å²) in [5.41, 5.74) is -0.287. The molecule has 0 fully saturated rings. The van der Waals surface area contributed by atoms with Crippen LogP contribution < -0.4 is 4.74 Å². The normalized spacial score (nSPS) is 13.9. The van der Waals surface area contributed by atoms with E-state index in [-0.39, 0.29) is 39.7 Å². The number of Topliss-reactive ketones (excluding diaryl/α,β-unsaturated/α-hetero) is 1. The maximum Gasteiger partial charge on any atom is 0.347 e. The average Bonchev–Trinajstić information content (AvgIpc) is 2.91. The molecule has 0 saturated carbocycles. The summed E-state index contributed by atoms with van der Waals surface area (Å²) in [6.07, 6.45) is 0. The number of nitrogens with zero attached hydrogens (tertiary/aromatic N) is 1. The Morgan fingerprint density at radius 1 is 0.865 bits per heavy atom. The van der Waals surface area contributed by atoms with Crippen LogP contribution >= 0.6 is 0 Å². The van der Waals surface area contributed by atoms with E-state index in [1.54, 1.807) is 49.4 Å². The first-order valence-electron chi connectivity index (χ1n) is 11.3. The topological polar surface area (TPSA) is 116 Å². The number of carbonyl (C=O) groups is 3. The Morgan fingerprint density at radius 2 is 1.51 bits per heavy atom. The van der Waals surface area contributed by atoms with Crippen LogP contribution in [-0.2, 0) is 24.3 Å². The Kier molecular flexibility index (Phi) is 7.40. The quantitative estimate of drug-likeness (QED) is 0.326. The van der Waals surface area contributed by atoms with Gasteiger partial charge >= 0.3 is 11.9 Å². The van der Waals surface area contributed by atoms with Gasteiger partial charge in [-0.15, -0.1) is 0 Å². The number of methoxy groups -OCH3 is 1. The summed E-state index contributed by atoms with van der Waals surface area (Å²) in [5.74, 6) is -2.59. The van der Waals surface area contributed by atoms with E-state index < -0.39 is 40.0 Å². The van der Waals surface area contributed by atoms with E-state index in [2.05, 4.69) is 0 Å². The number of para-hydroxylation sites is 1. The smallest absolute Gasteiger partial charge is 0.347 e. The highest BCUT2D eigenvalue weighted by atomic mass is 32.2. The fourth-order valence-corrected chi connectivity index (χ4v) is 5.46. The van der Waals surface area contributed by atoms with Crippen LogP contribution in [0.3, 0.4) is 0 Å². The van der Waals surface area contributed by atoms with Crippen molar-refractivity contribution >= 4 is 33.5 Å². The number of carbonyl (C=O) groups excluding carboxylic acids is 3. The Bertz CT molecular complexity index is 1500. The number of esters is 2. The molecule has 0 unspecified atom stereocenters. The second-order valence-electron chi connectivity index (χ2n) is 7.78. The fourth-order valence-electron chi connectivity index (χ4n) is 3.85. The third kappa shape index (κ3) is 4.96. The number of hydrogen-bond donors (Lipinski definition) is 0. The van der Waals surface area contributed by atoms with Gasteiger partial charge in [-0.3, -0.25) is 9.59 Å². The lowest BCUT2D eigenvalue weighted by Crippen LogP contribution is -2.42. The highest BCUT2D eigenvalue weighted by molar-refractivity contribution is 7.89. The van der Waals surface area contributed by atoms with Gasteiger partial charge in [0.15, 0.2) is 5.76 Å². The maximum atomic E-state index is 13.8. The standard InChI is InChI=1S/C27H23NO8S/c1-3-35-23(29)17-28-24(25(30)18-11-5-4-6-12-18)26(20-14-8-10-16-22(20)37(28,32)33)36-27(31)19-13-7-9-15-21(19)34-2/h4-16H,3,17H2,1-2H3. The third-order valence-electron chi connectivity index (χ3n) is 5.51. The minimum atomic E-state index is -4.41. The van der Waals surface area contributed by atoms with Crippen molar-refractivity contribution in [3.63, 3.8) is 0 Å². The molecular weight excluding hydrogens is 498 g/mol. The zero-order valence-electron chi connectivity index (χ0n) is 20.0. The number of sulfonamides is 1. The van der Waals surface area contributed by atoms with Crippen molar-refractivity contribution in [1.82, 2.24) is 4.31 Å². The van der Waals surface area contributed by atoms with E-state index in [9.17, 15) is 22.8 Å². The number of benzene rings is 3. The molecule has 0 aliphatic carbocycles. The summed E-state index contributed by atoms with van der Waals surface area (Å²) in [6, 6.07) is 20.0. The predicted molar refractivity (Wildman–Crippen MR) is 133 cm³/mol. The van der Waals surface area contributed by atoms with Crippen molar-refractivity contribution in [3.05, 3.63) is 101 Å². The summed E-state index contributed by atoms with van der Waals surface area (Å²) >= 11 is 0. The van der Waals surface area contributed by atoms with E-state index in [0.29, 0.717) is 4.31 Å². The first kappa shape index (κ1) is 25.6. The summed E-state index contributed by atoms with van der Waals surface area (Å²) < 4.78 is 43.9. The highest BCUT2D eigenvalue weighted by Gasteiger charge is 2.43. The van der Waals surface area contributed by atoms with Crippen molar-refractivity contribution in [3.8, 4) is 5.75 Å². The molecule has 0 spiro atoms. The molecule has 3 aromatic rings. The summed E-state index contributed by atoms with van der Waals surface area (Å²) in [4.78, 5) is 39.3. The second kappa shape index (κ2) is 10.7. The summed E-state index contributed by atoms with van der Waals surface area (Å²) in [7, 11) is -3.02. The van der Waals surface area contributed by atoms with Crippen LogP contribution in [0.15, 0.2) is 89.5 Å². The molecule has 0 aromatic heterocycles. The Morgan fingerprint density at radius 3 is 2.22 bits per heavy atom. The van der Waals surface area contributed by atoms with Gasteiger partial charge in [-0.1, -0.05) is 54.6 Å². The van der Waals surface area contributed by atoms with Gasteiger partial charge in [0.05, 0.1) is 18.6 Å². The van der Waals surface area contributed by atoms with Gasteiger partial charge in [0.2, 0.25) is 5.78 Å². The average molecular weight is 522 g/mol. The molecular formula is C27H23NO8S. The molecule has 190 valence electrons. The largest absolute Gasteiger partial charge is 0.496 e. The van der Waals surface area contributed by atoms with Crippen LogP contribution in [-0.4, -0.2) is 50.7 Å². The van der Waals surface area contributed by atoms with Gasteiger partial charge in [-0.2, -0.15) is 0 Å².